The summed E-state index contributed by atoms with van der Waals surface area (Å²) in [6.45, 7) is 26.8. The summed E-state index contributed by atoms with van der Waals surface area (Å²) in [4.78, 5) is 38.3. The van der Waals surface area contributed by atoms with E-state index in [0.717, 1.165) is 65.2 Å². The SMILES string of the molecule is C=C[C@H]1C(=O)C(C)(C)C(=O)O[C@@H](C)[C@H](CN2CCN(CCc3ccccc3)CC2)N(CCC)C[C@H](C)C[C@@](C)(OC)[C@@H]1O[C@@H]1OC(=C)CC(N(C)C)[C@H]1O. The molecule has 1 aromatic carbocycles. The van der Waals surface area contributed by atoms with Crippen LogP contribution in [0.25, 0.3) is 0 Å². The Bertz CT molecular complexity index is 1380. The Labute approximate surface area is 325 Å². The summed E-state index contributed by atoms with van der Waals surface area (Å²) < 4.78 is 25.4. The zero-order valence-electron chi connectivity index (χ0n) is 34.7. The lowest BCUT2D eigenvalue weighted by Crippen LogP contribution is -2.58. The molecule has 1 unspecified atom stereocenters. The van der Waals surface area contributed by atoms with Crippen LogP contribution in [0.3, 0.4) is 0 Å². The first-order valence-electron chi connectivity index (χ1n) is 20.0. The van der Waals surface area contributed by atoms with E-state index in [0.29, 0.717) is 18.6 Å². The van der Waals surface area contributed by atoms with Gasteiger partial charge < -0.3 is 33.9 Å². The minimum absolute atomic E-state index is 0.0869. The van der Waals surface area contributed by atoms with E-state index in [1.807, 2.05) is 32.8 Å². The van der Waals surface area contributed by atoms with Crippen LogP contribution < -0.4 is 0 Å². The largest absolute Gasteiger partial charge is 0.467 e. The second kappa shape index (κ2) is 19.5. The molecule has 304 valence electrons. The van der Waals surface area contributed by atoms with Gasteiger partial charge >= 0.3 is 5.97 Å². The van der Waals surface area contributed by atoms with Crippen molar-refractivity contribution in [1.29, 1.82) is 0 Å². The van der Waals surface area contributed by atoms with Gasteiger partial charge in [0.15, 0.2) is 5.78 Å². The highest BCUT2D eigenvalue weighted by Gasteiger charge is 2.52. The Morgan fingerprint density at radius 3 is 2.26 bits per heavy atom. The number of methoxy groups -OCH3 is 1. The van der Waals surface area contributed by atoms with Crippen molar-refractivity contribution < 1.29 is 33.6 Å². The topological polar surface area (TPSA) is 104 Å². The molecule has 3 fully saturated rings. The number of aliphatic hydroxyl groups excluding tert-OH is 1. The number of likely N-dealkylation sites (N-methyl/N-ethyl adjacent to an activating group) is 1. The first kappa shape index (κ1) is 44.1. The Balaban J connectivity index is 1.62. The van der Waals surface area contributed by atoms with Gasteiger partial charge in [-0.3, -0.25) is 19.4 Å². The first-order chi connectivity index (χ1) is 25.5. The molecule has 4 rings (SSSR count). The van der Waals surface area contributed by atoms with E-state index in [-0.39, 0.29) is 18.0 Å². The Morgan fingerprint density at radius 1 is 1.02 bits per heavy atom. The number of ketones is 1. The highest BCUT2D eigenvalue weighted by atomic mass is 16.7. The van der Waals surface area contributed by atoms with Crippen LogP contribution in [0.4, 0.5) is 0 Å². The lowest BCUT2D eigenvalue weighted by Gasteiger charge is -2.46. The minimum atomic E-state index is -1.53. The third kappa shape index (κ3) is 10.8. The van der Waals surface area contributed by atoms with Gasteiger partial charge in [0.2, 0.25) is 6.29 Å². The molecule has 9 atom stereocenters. The van der Waals surface area contributed by atoms with E-state index in [4.69, 9.17) is 18.9 Å². The number of hydrogen-bond acceptors (Lipinski definition) is 11. The summed E-state index contributed by atoms with van der Waals surface area (Å²) in [5.41, 5.74) is -1.21. The number of rotatable bonds is 12. The molecule has 54 heavy (non-hydrogen) atoms. The number of Topliss-reactive ketones (excluding diaryl/α,β-unsaturated/α-hetero) is 1. The van der Waals surface area contributed by atoms with Gasteiger partial charge in [-0.2, -0.15) is 0 Å². The Hall–Kier alpha value is -2.64. The maximum Gasteiger partial charge on any atom is 0.319 e. The Morgan fingerprint density at radius 2 is 1.67 bits per heavy atom. The van der Waals surface area contributed by atoms with Crippen molar-refractivity contribution in [2.45, 2.75) is 110 Å². The fourth-order valence-corrected chi connectivity index (χ4v) is 8.55. The lowest BCUT2D eigenvalue weighted by atomic mass is 9.73. The average molecular weight is 755 g/mol. The molecule has 11 nitrogen and oxygen atoms in total. The normalized spacial score (nSPS) is 34.0. The van der Waals surface area contributed by atoms with E-state index in [2.05, 4.69) is 72.0 Å². The van der Waals surface area contributed by atoms with Crippen LogP contribution in [-0.2, 0) is 35.0 Å². The molecular weight excluding hydrogens is 684 g/mol. The van der Waals surface area contributed by atoms with Crippen molar-refractivity contribution in [2.24, 2.45) is 17.3 Å². The monoisotopic (exact) mass is 755 g/mol. The van der Waals surface area contributed by atoms with Crippen LogP contribution in [0.1, 0.15) is 66.4 Å². The van der Waals surface area contributed by atoms with Crippen molar-refractivity contribution in [2.75, 3.05) is 73.6 Å². The average Bonchev–Trinajstić information content (AvgIpc) is 3.14. The summed E-state index contributed by atoms with van der Waals surface area (Å²) >= 11 is 0. The quantitative estimate of drug-likeness (QED) is 0.184. The van der Waals surface area contributed by atoms with Gasteiger partial charge in [0, 0.05) is 65.4 Å². The van der Waals surface area contributed by atoms with Gasteiger partial charge in [0.05, 0.1) is 23.3 Å². The van der Waals surface area contributed by atoms with Crippen LogP contribution >= 0.6 is 0 Å². The van der Waals surface area contributed by atoms with Crippen LogP contribution in [0.5, 0.6) is 0 Å². The predicted octanol–water partition coefficient (Wildman–Crippen LogP) is 4.64. The van der Waals surface area contributed by atoms with Gasteiger partial charge in [-0.15, -0.1) is 6.58 Å². The second-order valence-corrected chi connectivity index (χ2v) is 16.9. The van der Waals surface area contributed by atoms with E-state index < -0.39 is 53.3 Å². The predicted molar refractivity (Wildman–Crippen MR) is 213 cm³/mol. The van der Waals surface area contributed by atoms with Crippen LogP contribution in [0.2, 0.25) is 0 Å². The summed E-state index contributed by atoms with van der Waals surface area (Å²) in [6.07, 6.45) is 0.901. The molecule has 0 amide bonds. The molecule has 0 aliphatic carbocycles. The number of carbonyl (C=O) groups is 2. The fourth-order valence-electron chi connectivity index (χ4n) is 8.55. The molecular formula is C43H70N4O7. The van der Waals surface area contributed by atoms with Gasteiger partial charge in [-0.05, 0) is 79.1 Å². The number of benzene rings is 1. The molecule has 11 heteroatoms. The van der Waals surface area contributed by atoms with E-state index >= 15 is 0 Å². The minimum Gasteiger partial charge on any atom is -0.467 e. The highest BCUT2D eigenvalue weighted by molar-refractivity contribution is 6.05. The zero-order valence-corrected chi connectivity index (χ0v) is 34.7. The molecule has 0 spiro atoms. The van der Waals surface area contributed by atoms with E-state index in [1.54, 1.807) is 21.0 Å². The van der Waals surface area contributed by atoms with E-state index in [1.165, 1.54) is 11.6 Å². The maximum absolute atomic E-state index is 14.7. The maximum atomic E-state index is 14.7. The van der Waals surface area contributed by atoms with Crippen LogP contribution in [0, 0.1) is 17.3 Å². The van der Waals surface area contributed by atoms with Crippen LogP contribution in [0.15, 0.2) is 55.3 Å². The van der Waals surface area contributed by atoms with Crippen molar-refractivity contribution in [1.82, 2.24) is 19.6 Å². The van der Waals surface area contributed by atoms with Crippen molar-refractivity contribution in [3.63, 3.8) is 0 Å². The summed E-state index contributed by atoms with van der Waals surface area (Å²) in [7, 11) is 5.40. The van der Waals surface area contributed by atoms with Crippen molar-refractivity contribution >= 4 is 11.8 Å². The highest BCUT2D eigenvalue weighted by Crippen LogP contribution is 2.39. The standard InChI is InChI=1S/C43H70N4O7/c1-12-20-47-28-30(3)27-43(8,51-11)39(54-40-37(48)35(44(9)10)26-31(4)52-40)34(13-2)38(49)42(6,7)41(50)53-32(5)36(47)29-46-24-22-45(23-25-46)21-19-33-17-15-14-16-18-33/h13-18,30,32,34-37,39-40,48H,2,4,12,19-29H2,1,3,5-11H3/t30-,32+,34+,35?,36+,37-,39-,40+,43-/m1/s1. The molecule has 0 bridgehead atoms. The number of carbonyl (C=O) groups excluding carboxylic acids is 2. The third-order valence-corrected chi connectivity index (χ3v) is 12.0. The first-order valence-corrected chi connectivity index (χ1v) is 20.0. The number of cyclic esters (lactones) is 1. The van der Waals surface area contributed by atoms with E-state index in [9.17, 15) is 14.7 Å². The molecule has 3 aliphatic rings. The molecule has 0 saturated carbocycles. The number of ether oxygens (including phenoxy) is 4. The molecule has 0 radical (unpaired) electrons. The zero-order chi connectivity index (χ0) is 39.8. The number of esters is 1. The Kier molecular flexibility index (Phi) is 15.9. The molecule has 3 heterocycles. The number of nitrogens with zero attached hydrogens (tertiary/aromatic N) is 4. The molecule has 1 aromatic rings. The summed E-state index contributed by atoms with van der Waals surface area (Å²) in [5.74, 6) is -1.39. The number of aliphatic hydroxyl groups is 1. The van der Waals surface area contributed by atoms with Gasteiger partial charge in [0.1, 0.15) is 23.7 Å². The van der Waals surface area contributed by atoms with Gasteiger partial charge in [-0.25, -0.2) is 0 Å². The second-order valence-electron chi connectivity index (χ2n) is 16.9. The number of hydrogen-bond donors (Lipinski definition) is 1. The molecule has 3 aliphatic heterocycles. The van der Waals surface area contributed by atoms with Gasteiger partial charge in [-0.1, -0.05) is 56.8 Å². The molecule has 3 saturated heterocycles. The molecule has 1 N–H and O–H groups in total. The third-order valence-electron chi connectivity index (χ3n) is 12.0. The van der Waals surface area contributed by atoms with Crippen molar-refractivity contribution in [3.05, 3.63) is 60.9 Å². The summed E-state index contributed by atoms with van der Waals surface area (Å²) in [6, 6.07) is 10.2. The summed E-state index contributed by atoms with van der Waals surface area (Å²) in [5, 5.41) is 11.5. The van der Waals surface area contributed by atoms with Crippen molar-refractivity contribution in [3.8, 4) is 0 Å². The smallest absolute Gasteiger partial charge is 0.319 e. The lowest BCUT2D eigenvalue weighted by molar-refractivity contribution is -0.265. The number of piperazine rings is 1. The van der Waals surface area contributed by atoms with Crippen LogP contribution in [-0.4, -0.2) is 152 Å². The van der Waals surface area contributed by atoms with Gasteiger partial charge in [0.25, 0.3) is 0 Å². The fraction of sp³-hybridized carbons (Fsp3) is 0.721. The molecule has 0 aromatic heterocycles.